The van der Waals surface area contributed by atoms with E-state index in [-0.39, 0.29) is 36.4 Å². The lowest BCUT2D eigenvalue weighted by Crippen LogP contribution is -2.27. The van der Waals surface area contributed by atoms with Gasteiger partial charge in [0.15, 0.2) is 11.2 Å². The van der Waals surface area contributed by atoms with E-state index in [9.17, 15) is 9.36 Å². The summed E-state index contributed by atoms with van der Waals surface area (Å²) >= 11 is 0. The molecule has 0 aromatic carbocycles. The number of aromatic amines is 1. The summed E-state index contributed by atoms with van der Waals surface area (Å²) in [6, 6.07) is -0.203. The number of nitrogens with two attached hydrogens (primary N) is 1. The van der Waals surface area contributed by atoms with Crippen LogP contribution in [0.5, 0.6) is 0 Å². The van der Waals surface area contributed by atoms with Gasteiger partial charge >= 0.3 is 7.60 Å². The van der Waals surface area contributed by atoms with Crippen LogP contribution in [0.3, 0.4) is 0 Å². The molecule has 2 atom stereocenters. The Kier molecular flexibility index (Phi) is 4.21. The van der Waals surface area contributed by atoms with E-state index in [0.717, 1.165) is 0 Å². The molecule has 2 aromatic heterocycles. The molecule has 0 spiro atoms. The highest BCUT2D eigenvalue weighted by Crippen LogP contribution is 2.34. The predicted octanol–water partition coefficient (Wildman–Crippen LogP) is -1.59. The fourth-order valence-corrected chi connectivity index (χ4v) is 2.94. The van der Waals surface area contributed by atoms with Gasteiger partial charge in [0.2, 0.25) is 5.95 Å². The third-order valence-electron chi connectivity index (χ3n) is 3.65. The Bertz CT molecular complexity index is 813. The van der Waals surface area contributed by atoms with E-state index < -0.39 is 13.2 Å². The maximum Gasteiger partial charge on any atom is 0.327 e. The number of hydrogen-bond acceptors (Lipinski definition) is 7. The van der Waals surface area contributed by atoms with Crippen LogP contribution < -0.4 is 16.6 Å². The predicted molar refractivity (Wildman–Crippen MR) is 81.1 cm³/mol. The molecule has 2 unspecified atom stereocenters. The molecule has 0 aliphatic carbocycles. The third kappa shape index (κ3) is 3.43. The maximum atomic E-state index is 11.8. The Labute approximate surface area is 130 Å². The second-order valence-corrected chi connectivity index (χ2v) is 7.07. The molecule has 1 aliphatic rings. The van der Waals surface area contributed by atoms with Gasteiger partial charge in [-0.1, -0.05) is 0 Å². The summed E-state index contributed by atoms with van der Waals surface area (Å²) in [5.74, 6) is -0.00539. The minimum Gasteiger partial charge on any atom is -0.374 e. The van der Waals surface area contributed by atoms with E-state index in [0.29, 0.717) is 18.7 Å². The maximum absolute atomic E-state index is 11.8. The van der Waals surface area contributed by atoms with E-state index in [1.165, 1.54) is 6.33 Å². The molecule has 1 aliphatic heterocycles. The molecule has 0 saturated carbocycles. The van der Waals surface area contributed by atoms with Crippen molar-refractivity contribution in [3.63, 3.8) is 0 Å². The number of fused-ring (bicyclic) bond motifs is 1. The highest BCUT2D eigenvalue weighted by Gasteiger charge is 2.31. The van der Waals surface area contributed by atoms with Gasteiger partial charge in [0, 0.05) is 13.1 Å². The lowest BCUT2D eigenvalue weighted by atomic mass is 10.2. The molecule has 12 heteroatoms. The largest absolute Gasteiger partial charge is 0.374 e. The van der Waals surface area contributed by atoms with Crippen LogP contribution in [0, 0.1) is 0 Å². The monoisotopic (exact) mass is 344 g/mol. The Morgan fingerprint density at radius 1 is 1.48 bits per heavy atom. The number of ether oxygens (including phenoxy) is 1. The zero-order valence-electron chi connectivity index (χ0n) is 12.0. The topological polar surface area (TPSA) is 168 Å². The molecule has 1 saturated heterocycles. The van der Waals surface area contributed by atoms with Crippen molar-refractivity contribution in [2.75, 3.05) is 31.6 Å². The normalized spacial score (nSPS) is 22.0. The van der Waals surface area contributed by atoms with Crippen molar-refractivity contribution in [3.8, 4) is 0 Å². The Morgan fingerprint density at radius 2 is 2.26 bits per heavy atom. The summed E-state index contributed by atoms with van der Waals surface area (Å²) in [4.78, 5) is 40.1. The first-order valence-electron chi connectivity index (χ1n) is 6.94. The lowest BCUT2D eigenvalue weighted by molar-refractivity contribution is 0.0504. The van der Waals surface area contributed by atoms with E-state index >= 15 is 0 Å². The molecule has 0 radical (unpaired) electrons. The van der Waals surface area contributed by atoms with Crippen molar-refractivity contribution in [1.29, 1.82) is 0 Å². The van der Waals surface area contributed by atoms with Gasteiger partial charge in [-0.3, -0.25) is 14.3 Å². The fourth-order valence-electron chi connectivity index (χ4n) is 2.60. The molecule has 6 N–H and O–H groups in total. The van der Waals surface area contributed by atoms with Crippen molar-refractivity contribution < 1.29 is 19.1 Å². The molecule has 0 bridgehead atoms. The van der Waals surface area contributed by atoms with Gasteiger partial charge in [-0.25, -0.2) is 4.98 Å². The Hall–Kier alpha value is -1.78. The Morgan fingerprint density at radius 3 is 3.00 bits per heavy atom. The molecule has 11 nitrogen and oxygen atoms in total. The number of rotatable bonds is 5. The van der Waals surface area contributed by atoms with E-state index in [4.69, 9.17) is 20.3 Å². The first-order valence-corrected chi connectivity index (χ1v) is 8.74. The zero-order chi connectivity index (χ0) is 16.6. The second-order valence-electron chi connectivity index (χ2n) is 5.30. The molecule has 1 fully saturated rings. The minimum atomic E-state index is -4.09. The molecule has 126 valence electrons. The molecule has 3 rings (SSSR count). The van der Waals surface area contributed by atoms with Crippen molar-refractivity contribution in [2.45, 2.75) is 12.1 Å². The average Bonchev–Trinajstić information content (AvgIpc) is 3.03. The number of nitrogens with zero attached hydrogens (tertiary/aromatic N) is 3. The number of aromatic nitrogens is 4. The van der Waals surface area contributed by atoms with Gasteiger partial charge in [-0.2, -0.15) is 4.98 Å². The highest BCUT2D eigenvalue weighted by atomic mass is 31.2. The Balaban J connectivity index is 1.83. The molecular formula is C11H17N6O5P. The molecule has 2 aromatic rings. The van der Waals surface area contributed by atoms with Crippen molar-refractivity contribution in [2.24, 2.45) is 0 Å². The molecular weight excluding hydrogens is 327 g/mol. The van der Waals surface area contributed by atoms with Crippen LogP contribution in [0.4, 0.5) is 5.95 Å². The first kappa shape index (κ1) is 16.1. The third-order valence-corrected chi connectivity index (χ3v) is 4.42. The van der Waals surface area contributed by atoms with Gasteiger partial charge < -0.3 is 30.1 Å². The van der Waals surface area contributed by atoms with Crippen LogP contribution in [0.1, 0.15) is 6.04 Å². The highest BCUT2D eigenvalue weighted by molar-refractivity contribution is 7.51. The van der Waals surface area contributed by atoms with Crippen LogP contribution in [0.25, 0.3) is 11.2 Å². The zero-order valence-corrected chi connectivity index (χ0v) is 12.9. The van der Waals surface area contributed by atoms with E-state index in [1.807, 2.05) is 0 Å². The number of anilines is 1. The number of nitrogens with one attached hydrogen (secondary N) is 2. The number of nitrogen functional groups attached to an aromatic ring is 1. The number of hydrogen-bond donors (Lipinski definition) is 5. The van der Waals surface area contributed by atoms with Crippen molar-refractivity contribution in [1.82, 2.24) is 24.8 Å². The van der Waals surface area contributed by atoms with Crippen molar-refractivity contribution >= 4 is 24.7 Å². The summed E-state index contributed by atoms with van der Waals surface area (Å²) in [5, 5.41) is 3.14. The smallest absolute Gasteiger partial charge is 0.327 e. The van der Waals surface area contributed by atoms with Crippen LogP contribution in [0.15, 0.2) is 11.1 Å². The fraction of sp³-hybridized carbons (Fsp3) is 0.545. The second kappa shape index (κ2) is 6.02. The standard InChI is InChI=1S/C11H17N6O5P/c12-11-15-9-8(10(18)16-11)14-5-17(9)6-3-13-4-7(6)22-1-2-23(19,20)21/h5-7,13H,1-4H2,(H2,19,20,21)(H3,12,15,16,18). The van der Waals surface area contributed by atoms with Crippen molar-refractivity contribution in [3.05, 3.63) is 16.7 Å². The first-order chi connectivity index (χ1) is 10.8. The van der Waals surface area contributed by atoms with Crippen LogP contribution >= 0.6 is 7.60 Å². The van der Waals surface area contributed by atoms with E-state index in [2.05, 4.69) is 20.3 Å². The van der Waals surface area contributed by atoms with Crippen LogP contribution in [-0.2, 0) is 9.30 Å². The van der Waals surface area contributed by atoms with Crippen LogP contribution in [0.2, 0.25) is 0 Å². The summed E-state index contributed by atoms with van der Waals surface area (Å²) in [6.07, 6.45) is 0.830. The summed E-state index contributed by atoms with van der Waals surface area (Å²) < 4.78 is 18.2. The number of imidazole rings is 1. The average molecular weight is 344 g/mol. The van der Waals surface area contributed by atoms with E-state index in [1.54, 1.807) is 4.57 Å². The van der Waals surface area contributed by atoms with Gasteiger partial charge in [0.25, 0.3) is 5.56 Å². The summed E-state index contributed by atoms with van der Waals surface area (Å²) in [6.45, 7) is 1.01. The molecule has 23 heavy (non-hydrogen) atoms. The van der Waals surface area contributed by atoms with Gasteiger partial charge in [0.05, 0.1) is 31.2 Å². The van der Waals surface area contributed by atoms with Gasteiger partial charge in [-0.05, 0) is 0 Å². The summed E-state index contributed by atoms with van der Waals surface area (Å²) in [5.41, 5.74) is 5.68. The SMILES string of the molecule is Nc1nc2c(ncn2C2CNCC2OCCP(=O)(O)O)c(=O)[nH]1. The quantitative estimate of drug-likeness (QED) is 0.401. The molecule has 3 heterocycles. The minimum absolute atomic E-state index is 0.00539. The summed E-state index contributed by atoms with van der Waals surface area (Å²) in [7, 11) is -4.09. The van der Waals surface area contributed by atoms with Crippen LogP contribution in [-0.4, -0.2) is 61.3 Å². The van der Waals surface area contributed by atoms with Gasteiger partial charge in [-0.15, -0.1) is 0 Å². The number of H-pyrrole nitrogens is 1. The molecule has 0 amide bonds. The lowest BCUT2D eigenvalue weighted by Gasteiger charge is -2.21. The van der Waals surface area contributed by atoms with Gasteiger partial charge in [0.1, 0.15) is 0 Å².